The molecule has 122 valence electrons. The van der Waals surface area contributed by atoms with Crippen LogP contribution in [0.15, 0.2) is 18.2 Å². The molecule has 0 aromatic heterocycles. The minimum Gasteiger partial charge on any atom is -0.508 e. The number of aromatic hydroxyl groups is 1. The highest BCUT2D eigenvalue weighted by molar-refractivity contribution is 5.72. The number of carbonyl (C=O) groups is 1. The molecule has 0 spiro atoms. The molecule has 0 saturated carbocycles. The van der Waals surface area contributed by atoms with Crippen molar-refractivity contribution >= 4 is 5.97 Å². The van der Waals surface area contributed by atoms with E-state index in [4.69, 9.17) is 14.2 Å². The number of ether oxygens (including phenoxy) is 3. The molecular formula is C17H24O5. The van der Waals surface area contributed by atoms with Gasteiger partial charge >= 0.3 is 5.97 Å². The van der Waals surface area contributed by atoms with Gasteiger partial charge in [-0.05, 0) is 30.5 Å². The SMILES string of the molecule is Cc1cc(CC(=O)OCC(C)(C)C2OCCCO2)ccc1O. The minimum absolute atomic E-state index is 0.184. The van der Waals surface area contributed by atoms with E-state index in [-0.39, 0.29) is 36.5 Å². The van der Waals surface area contributed by atoms with Crippen LogP contribution >= 0.6 is 0 Å². The van der Waals surface area contributed by atoms with Gasteiger partial charge in [0.05, 0.1) is 19.6 Å². The van der Waals surface area contributed by atoms with Crippen molar-refractivity contribution in [1.29, 1.82) is 0 Å². The number of rotatable bonds is 5. The summed E-state index contributed by atoms with van der Waals surface area (Å²) in [5, 5.41) is 9.49. The first-order chi connectivity index (χ1) is 10.4. The minimum atomic E-state index is -0.388. The molecule has 5 nitrogen and oxygen atoms in total. The van der Waals surface area contributed by atoms with Gasteiger partial charge in [0.15, 0.2) is 6.29 Å². The van der Waals surface area contributed by atoms with Gasteiger partial charge < -0.3 is 19.3 Å². The molecule has 1 fully saturated rings. The van der Waals surface area contributed by atoms with Crippen LogP contribution in [0.25, 0.3) is 0 Å². The van der Waals surface area contributed by atoms with E-state index in [0.29, 0.717) is 13.2 Å². The lowest BCUT2D eigenvalue weighted by Gasteiger charge is -2.35. The summed E-state index contributed by atoms with van der Waals surface area (Å²) >= 11 is 0. The van der Waals surface area contributed by atoms with Gasteiger partial charge in [0.25, 0.3) is 0 Å². The van der Waals surface area contributed by atoms with Crippen molar-refractivity contribution in [2.24, 2.45) is 5.41 Å². The first kappa shape index (κ1) is 16.8. The third-order valence-corrected chi connectivity index (χ3v) is 3.68. The van der Waals surface area contributed by atoms with Crippen molar-refractivity contribution in [3.05, 3.63) is 29.3 Å². The molecule has 22 heavy (non-hydrogen) atoms. The molecule has 1 heterocycles. The lowest BCUT2D eigenvalue weighted by molar-refractivity contribution is -0.237. The Balaban J connectivity index is 1.84. The van der Waals surface area contributed by atoms with Gasteiger partial charge in [0.2, 0.25) is 0 Å². The van der Waals surface area contributed by atoms with E-state index in [1.165, 1.54) is 0 Å². The molecule has 5 heteroatoms. The average molecular weight is 308 g/mol. The second-order valence-electron chi connectivity index (χ2n) is 6.37. The van der Waals surface area contributed by atoms with Gasteiger partial charge in [0.1, 0.15) is 12.4 Å². The Labute approximate surface area is 131 Å². The highest BCUT2D eigenvalue weighted by Crippen LogP contribution is 2.27. The van der Waals surface area contributed by atoms with E-state index < -0.39 is 0 Å². The van der Waals surface area contributed by atoms with Crippen molar-refractivity contribution in [3.63, 3.8) is 0 Å². The van der Waals surface area contributed by atoms with Crippen molar-refractivity contribution in [2.45, 2.75) is 39.9 Å². The summed E-state index contributed by atoms with van der Waals surface area (Å²) in [6, 6.07) is 5.10. The molecule has 1 N–H and O–H groups in total. The summed E-state index contributed by atoms with van der Waals surface area (Å²) in [6.07, 6.45) is 0.737. The van der Waals surface area contributed by atoms with Crippen LogP contribution < -0.4 is 0 Å². The standard InChI is InChI=1S/C17H24O5/c1-12-9-13(5-6-14(12)18)10-15(19)22-11-17(2,3)16-20-7-4-8-21-16/h5-6,9,16,18H,4,7-8,10-11H2,1-3H3. The Morgan fingerprint density at radius 2 is 2.05 bits per heavy atom. The number of aryl methyl sites for hydroxylation is 1. The van der Waals surface area contributed by atoms with Gasteiger partial charge in [-0.1, -0.05) is 26.0 Å². The number of phenolic OH excluding ortho intramolecular Hbond substituents is 1. The zero-order valence-electron chi connectivity index (χ0n) is 13.4. The third kappa shape index (κ3) is 4.45. The van der Waals surface area contributed by atoms with E-state index in [1.807, 2.05) is 13.8 Å². The van der Waals surface area contributed by atoms with Crippen molar-refractivity contribution < 1.29 is 24.1 Å². The summed E-state index contributed by atoms with van der Waals surface area (Å²) in [4.78, 5) is 12.0. The molecule has 1 aliphatic heterocycles. The van der Waals surface area contributed by atoms with Crippen LogP contribution in [0.4, 0.5) is 0 Å². The molecule has 0 bridgehead atoms. The second-order valence-corrected chi connectivity index (χ2v) is 6.37. The first-order valence-corrected chi connectivity index (χ1v) is 7.56. The normalized spacial score (nSPS) is 16.5. The molecule has 0 atom stereocenters. The number of hydrogen-bond acceptors (Lipinski definition) is 5. The Hall–Kier alpha value is -1.59. The molecule has 0 radical (unpaired) electrons. The molecule has 2 rings (SSSR count). The highest BCUT2D eigenvalue weighted by atomic mass is 16.7. The fraction of sp³-hybridized carbons (Fsp3) is 0.588. The zero-order chi connectivity index (χ0) is 16.2. The maximum Gasteiger partial charge on any atom is 0.310 e. The summed E-state index contributed by atoms with van der Waals surface area (Å²) in [6.45, 7) is 7.31. The van der Waals surface area contributed by atoms with Crippen LogP contribution in [0, 0.1) is 12.3 Å². The fourth-order valence-corrected chi connectivity index (χ4v) is 2.32. The van der Waals surface area contributed by atoms with Gasteiger partial charge in [-0.2, -0.15) is 0 Å². The molecule has 1 aromatic carbocycles. The van der Waals surface area contributed by atoms with Crippen LogP contribution in [0.3, 0.4) is 0 Å². The van der Waals surface area contributed by atoms with E-state index in [1.54, 1.807) is 25.1 Å². The quantitative estimate of drug-likeness (QED) is 0.847. The molecule has 1 aliphatic rings. The van der Waals surface area contributed by atoms with E-state index in [2.05, 4.69) is 0 Å². The van der Waals surface area contributed by atoms with Gasteiger partial charge in [-0.15, -0.1) is 0 Å². The zero-order valence-corrected chi connectivity index (χ0v) is 13.4. The predicted molar refractivity (Wildman–Crippen MR) is 81.6 cm³/mol. The predicted octanol–water partition coefficient (Wildman–Crippen LogP) is 2.58. The maximum atomic E-state index is 12.0. The third-order valence-electron chi connectivity index (χ3n) is 3.68. The lowest BCUT2D eigenvalue weighted by atomic mass is 9.93. The lowest BCUT2D eigenvalue weighted by Crippen LogP contribution is -2.41. The molecule has 0 aliphatic carbocycles. The van der Waals surface area contributed by atoms with Gasteiger partial charge in [-0.25, -0.2) is 0 Å². The van der Waals surface area contributed by atoms with E-state index in [0.717, 1.165) is 17.5 Å². The number of phenols is 1. The monoisotopic (exact) mass is 308 g/mol. The van der Waals surface area contributed by atoms with Crippen LogP contribution in [0.5, 0.6) is 5.75 Å². The molecule has 0 amide bonds. The van der Waals surface area contributed by atoms with Crippen molar-refractivity contribution in [1.82, 2.24) is 0 Å². The number of hydrogen-bond donors (Lipinski definition) is 1. The average Bonchev–Trinajstić information content (AvgIpc) is 2.50. The van der Waals surface area contributed by atoms with Crippen molar-refractivity contribution in [2.75, 3.05) is 19.8 Å². The second kappa shape index (κ2) is 7.11. The van der Waals surface area contributed by atoms with Crippen molar-refractivity contribution in [3.8, 4) is 5.75 Å². The molecular weight excluding hydrogens is 284 g/mol. The van der Waals surface area contributed by atoms with E-state index in [9.17, 15) is 9.90 Å². The largest absolute Gasteiger partial charge is 0.508 e. The van der Waals surface area contributed by atoms with E-state index >= 15 is 0 Å². The smallest absolute Gasteiger partial charge is 0.310 e. The first-order valence-electron chi connectivity index (χ1n) is 7.56. The topological polar surface area (TPSA) is 65.0 Å². The Morgan fingerprint density at radius 3 is 2.68 bits per heavy atom. The Kier molecular flexibility index (Phi) is 5.42. The molecule has 1 aromatic rings. The summed E-state index contributed by atoms with van der Waals surface area (Å²) in [7, 11) is 0. The summed E-state index contributed by atoms with van der Waals surface area (Å²) in [5.74, 6) is -0.0705. The maximum absolute atomic E-state index is 12.0. The Morgan fingerprint density at radius 1 is 1.36 bits per heavy atom. The van der Waals surface area contributed by atoms with Crippen LogP contribution in [-0.4, -0.2) is 37.2 Å². The molecule has 1 saturated heterocycles. The number of esters is 1. The highest BCUT2D eigenvalue weighted by Gasteiger charge is 2.34. The van der Waals surface area contributed by atoms with Crippen LogP contribution in [0.2, 0.25) is 0 Å². The fourth-order valence-electron chi connectivity index (χ4n) is 2.32. The number of carbonyl (C=O) groups excluding carboxylic acids is 1. The number of benzene rings is 1. The van der Waals surface area contributed by atoms with Gasteiger partial charge in [-0.3, -0.25) is 4.79 Å². The van der Waals surface area contributed by atoms with Crippen LogP contribution in [0.1, 0.15) is 31.4 Å². The Bertz CT molecular complexity index is 518. The summed E-state index contributed by atoms with van der Waals surface area (Å²) in [5.41, 5.74) is 1.18. The molecule has 0 unspecified atom stereocenters. The van der Waals surface area contributed by atoms with Crippen LogP contribution in [-0.2, 0) is 25.4 Å². The van der Waals surface area contributed by atoms with Gasteiger partial charge in [0, 0.05) is 5.41 Å². The summed E-state index contributed by atoms with van der Waals surface area (Å²) < 4.78 is 16.5.